The van der Waals surface area contributed by atoms with Gasteiger partial charge in [-0.3, -0.25) is 9.69 Å². The molecule has 0 unspecified atom stereocenters. The fourth-order valence-corrected chi connectivity index (χ4v) is 3.38. The summed E-state index contributed by atoms with van der Waals surface area (Å²) in [7, 11) is 0. The van der Waals surface area contributed by atoms with Crippen LogP contribution in [0.4, 0.5) is 13.2 Å². The van der Waals surface area contributed by atoms with Gasteiger partial charge in [-0.2, -0.15) is 18.3 Å². The predicted octanol–water partition coefficient (Wildman–Crippen LogP) is 3.29. The number of hydrogen-bond acceptors (Lipinski definition) is 5. The highest BCUT2D eigenvalue weighted by Crippen LogP contribution is 2.27. The Morgan fingerprint density at radius 3 is 2.59 bits per heavy atom. The van der Waals surface area contributed by atoms with Gasteiger partial charge in [-0.05, 0) is 37.9 Å². The SMILES string of the molecule is CC(C)c1ocnc1CN1CCC(Cn2nc(C(F)(F)F)ccc2=O)CC1. The smallest absolute Gasteiger partial charge is 0.435 e. The van der Waals surface area contributed by atoms with Crippen LogP contribution in [0.2, 0.25) is 0 Å². The van der Waals surface area contributed by atoms with Crippen molar-refractivity contribution in [3.8, 4) is 0 Å². The number of halogens is 3. The van der Waals surface area contributed by atoms with Gasteiger partial charge in [-0.25, -0.2) is 9.67 Å². The minimum atomic E-state index is -4.55. The molecule has 148 valence electrons. The number of likely N-dealkylation sites (tertiary alicyclic amines) is 1. The van der Waals surface area contributed by atoms with E-state index < -0.39 is 17.4 Å². The van der Waals surface area contributed by atoms with E-state index in [1.165, 1.54) is 6.39 Å². The molecule has 1 aliphatic heterocycles. The molecule has 0 bridgehead atoms. The van der Waals surface area contributed by atoms with Gasteiger partial charge in [0, 0.05) is 25.1 Å². The summed E-state index contributed by atoms with van der Waals surface area (Å²) >= 11 is 0. The molecule has 1 fully saturated rings. The van der Waals surface area contributed by atoms with Gasteiger partial charge in [0.1, 0.15) is 5.76 Å². The standard InChI is InChI=1S/C18H23F3N4O2/c1-12(2)17-14(22-11-27-17)10-24-7-5-13(6-8-24)9-25-16(26)4-3-15(23-25)18(19,20)21/h3-4,11-13H,5-10H2,1-2H3. The van der Waals surface area contributed by atoms with Crippen LogP contribution in [-0.2, 0) is 19.3 Å². The van der Waals surface area contributed by atoms with Crippen LogP contribution in [0.25, 0.3) is 0 Å². The van der Waals surface area contributed by atoms with Crippen LogP contribution < -0.4 is 5.56 Å². The third-order valence-corrected chi connectivity index (χ3v) is 4.87. The first-order valence-electron chi connectivity index (χ1n) is 9.04. The molecule has 0 saturated carbocycles. The summed E-state index contributed by atoms with van der Waals surface area (Å²) in [5.74, 6) is 1.27. The minimum absolute atomic E-state index is 0.122. The topological polar surface area (TPSA) is 64.2 Å². The first-order valence-corrected chi connectivity index (χ1v) is 9.04. The molecular formula is C18H23F3N4O2. The quantitative estimate of drug-likeness (QED) is 0.792. The van der Waals surface area contributed by atoms with E-state index in [0.29, 0.717) is 6.54 Å². The Morgan fingerprint density at radius 1 is 1.26 bits per heavy atom. The molecular weight excluding hydrogens is 361 g/mol. The number of rotatable bonds is 5. The number of hydrogen-bond donors (Lipinski definition) is 0. The molecule has 2 aromatic heterocycles. The van der Waals surface area contributed by atoms with Crippen molar-refractivity contribution in [3.05, 3.63) is 46.0 Å². The molecule has 0 N–H and O–H groups in total. The molecule has 6 nitrogen and oxygen atoms in total. The number of oxazole rings is 1. The van der Waals surface area contributed by atoms with Gasteiger partial charge in [0.05, 0.1) is 5.69 Å². The Hall–Kier alpha value is -2.16. The zero-order valence-electron chi connectivity index (χ0n) is 15.4. The Bertz CT molecular complexity index is 820. The molecule has 0 radical (unpaired) electrons. The molecule has 1 saturated heterocycles. The molecule has 2 aromatic rings. The molecule has 0 amide bonds. The summed E-state index contributed by atoms with van der Waals surface area (Å²) < 4.78 is 44.8. The summed E-state index contributed by atoms with van der Waals surface area (Å²) in [6, 6.07) is 1.66. The summed E-state index contributed by atoms with van der Waals surface area (Å²) in [6.07, 6.45) is -1.51. The second-order valence-corrected chi connectivity index (χ2v) is 7.27. The summed E-state index contributed by atoms with van der Waals surface area (Å²) in [6.45, 7) is 6.59. The predicted molar refractivity (Wildman–Crippen MR) is 92.1 cm³/mol. The van der Waals surface area contributed by atoms with Crippen LogP contribution in [0.3, 0.4) is 0 Å². The fraction of sp³-hybridized carbons (Fsp3) is 0.611. The normalized spacial score (nSPS) is 17.0. The van der Waals surface area contributed by atoms with Crippen LogP contribution in [-0.4, -0.2) is 32.8 Å². The lowest BCUT2D eigenvalue weighted by molar-refractivity contribution is -0.142. The van der Waals surface area contributed by atoms with Crippen molar-refractivity contribution < 1.29 is 17.6 Å². The lowest BCUT2D eigenvalue weighted by Crippen LogP contribution is -2.37. The second-order valence-electron chi connectivity index (χ2n) is 7.27. The van der Waals surface area contributed by atoms with Crippen molar-refractivity contribution in [3.63, 3.8) is 0 Å². The van der Waals surface area contributed by atoms with Crippen LogP contribution in [0, 0.1) is 5.92 Å². The highest BCUT2D eigenvalue weighted by atomic mass is 19.4. The third kappa shape index (κ3) is 4.77. The maximum absolute atomic E-state index is 12.8. The van der Waals surface area contributed by atoms with E-state index in [-0.39, 0.29) is 18.4 Å². The minimum Gasteiger partial charge on any atom is -0.448 e. The Kier molecular flexibility index (Phi) is 5.69. The lowest BCUT2D eigenvalue weighted by Gasteiger charge is -2.31. The van der Waals surface area contributed by atoms with E-state index >= 15 is 0 Å². The molecule has 0 aliphatic carbocycles. The molecule has 0 spiro atoms. The average molecular weight is 384 g/mol. The van der Waals surface area contributed by atoms with Gasteiger partial charge in [0.25, 0.3) is 5.56 Å². The molecule has 3 heterocycles. The monoisotopic (exact) mass is 384 g/mol. The average Bonchev–Trinajstić information content (AvgIpc) is 3.06. The van der Waals surface area contributed by atoms with Crippen molar-refractivity contribution in [1.82, 2.24) is 19.7 Å². The lowest BCUT2D eigenvalue weighted by atomic mass is 9.96. The van der Waals surface area contributed by atoms with Crippen molar-refractivity contribution in [1.29, 1.82) is 0 Å². The van der Waals surface area contributed by atoms with Crippen molar-refractivity contribution in [2.75, 3.05) is 13.1 Å². The van der Waals surface area contributed by atoms with E-state index in [2.05, 4.69) is 28.8 Å². The van der Waals surface area contributed by atoms with E-state index in [0.717, 1.165) is 54.2 Å². The van der Waals surface area contributed by atoms with Gasteiger partial charge >= 0.3 is 6.18 Å². The molecule has 9 heteroatoms. The maximum Gasteiger partial charge on any atom is 0.435 e. The van der Waals surface area contributed by atoms with Crippen LogP contribution >= 0.6 is 0 Å². The summed E-state index contributed by atoms with van der Waals surface area (Å²) in [5, 5.41) is 3.49. The zero-order chi connectivity index (χ0) is 19.6. The van der Waals surface area contributed by atoms with Crippen molar-refractivity contribution in [2.45, 2.75) is 51.9 Å². The van der Waals surface area contributed by atoms with Gasteiger partial charge in [0.15, 0.2) is 12.1 Å². The van der Waals surface area contributed by atoms with E-state index in [1.807, 2.05) is 0 Å². The zero-order valence-corrected chi connectivity index (χ0v) is 15.4. The van der Waals surface area contributed by atoms with Crippen molar-refractivity contribution >= 4 is 0 Å². The molecule has 3 rings (SSSR count). The fourth-order valence-electron chi connectivity index (χ4n) is 3.38. The number of aromatic nitrogens is 3. The van der Waals surface area contributed by atoms with Gasteiger partial charge < -0.3 is 4.42 Å². The Labute approximate surface area is 155 Å². The maximum atomic E-state index is 12.8. The van der Waals surface area contributed by atoms with E-state index in [9.17, 15) is 18.0 Å². The summed E-state index contributed by atoms with van der Waals surface area (Å²) in [5.41, 5.74) is -0.611. The van der Waals surface area contributed by atoms with Gasteiger partial charge in [-0.15, -0.1) is 0 Å². The highest BCUT2D eigenvalue weighted by Gasteiger charge is 2.33. The molecule has 0 aromatic carbocycles. The largest absolute Gasteiger partial charge is 0.448 e. The Balaban J connectivity index is 1.59. The van der Waals surface area contributed by atoms with Crippen molar-refractivity contribution in [2.24, 2.45) is 5.92 Å². The van der Waals surface area contributed by atoms with Crippen LogP contribution in [0.1, 0.15) is 49.8 Å². The first kappa shape index (κ1) is 19.6. The third-order valence-electron chi connectivity index (χ3n) is 4.87. The summed E-state index contributed by atoms with van der Waals surface area (Å²) in [4.78, 5) is 18.4. The molecule has 27 heavy (non-hydrogen) atoms. The van der Waals surface area contributed by atoms with E-state index in [4.69, 9.17) is 4.42 Å². The number of alkyl halides is 3. The van der Waals surface area contributed by atoms with Gasteiger partial charge in [0.2, 0.25) is 0 Å². The van der Waals surface area contributed by atoms with Crippen LogP contribution in [0.5, 0.6) is 0 Å². The highest BCUT2D eigenvalue weighted by molar-refractivity contribution is 5.11. The van der Waals surface area contributed by atoms with E-state index in [1.54, 1.807) is 0 Å². The molecule has 0 atom stereocenters. The first-order chi connectivity index (χ1) is 12.7. The number of piperidine rings is 1. The van der Waals surface area contributed by atoms with Gasteiger partial charge in [-0.1, -0.05) is 13.8 Å². The molecule has 1 aliphatic rings. The Morgan fingerprint density at radius 2 is 1.96 bits per heavy atom. The number of nitrogens with zero attached hydrogens (tertiary/aromatic N) is 4. The second kappa shape index (κ2) is 7.84. The van der Waals surface area contributed by atoms with Crippen LogP contribution in [0.15, 0.2) is 27.7 Å².